The fourth-order valence-electron chi connectivity index (χ4n) is 2.44. The molecule has 0 aliphatic carbocycles. The summed E-state index contributed by atoms with van der Waals surface area (Å²) in [4.78, 5) is 2.08. The Kier molecular flexibility index (Phi) is 2.89. The zero-order chi connectivity index (χ0) is 11.0. The van der Waals surface area contributed by atoms with E-state index in [4.69, 9.17) is 10.00 Å². The van der Waals surface area contributed by atoms with Crippen LogP contribution in [0.2, 0.25) is 0 Å². The first-order valence-electron chi connectivity index (χ1n) is 5.06. The zero-order valence-corrected chi connectivity index (χ0v) is 9.79. The Bertz CT molecular complexity index is 253. The molecular weight excluding hydrogens is 176 g/mol. The number of rotatable bonds is 2. The average molecular weight is 196 g/mol. The number of hydrogen-bond donors (Lipinski definition) is 0. The third-order valence-corrected chi connectivity index (χ3v) is 2.88. The Labute approximate surface area is 86.6 Å². The average Bonchev–Trinajstić information content (AvgIpc) is 2.19. The van der Waals surface area contributed by atoms with E-state index in [1.807, 2.05) is 7.05 Å². The van der Waals surface area contributed by atoms with Crippen molar-refractivity contribution in [2.45, 2.75) is 51.4 Å². The highest BCUT2D eigenvalue weighted by molar-refractivity contribution is 5.00. The van der Waals surface area contributed by atoms with Crippen molar-refractivity contribution in [1.29, 1.82) is 5.26 Å². The van der Waals surface area contributed by atoms with Crippen molar-refractivity contribution in [1.82, 2.24) is 4.90 Å². The molecule has 1 atom stereocenters. The van der Waals surface area contributed by atoms with Gasteiger partial charge in [0.1, 0.15) is 0 Å². The maximum Gasteiger partial charge on any atom is 0.0866 e. The van der Waals surface area contributed by atoms with Gasteiger partial charge >= 0.3 is 0 Å². The van der Waals surface area contributed by atoms with Crippen molar-refractivity contribution in [3.05, 3.63) is 0 Å². The van der Waals surface area contributed by atoms with Crippen LogP contribution in [-0.4, -0.2) is 35.7 Å². The first-order valence-corrected chi connectivity index (χ1v) is 5.06. The van der Waals surface area contributed by atoms with Gasteiger partial charge in [-0.15, -0.1) is 0 Å². The summed E-state index contributed by atoms with van der Waals surface area (Å²) in [6, 6.07) is 2.51. The fourth-order valence-corrected chi connectivity index (χ4v) is 2.44. The van der Waals surface area contributed by atoms with Gasteiger partial charge in [-0.3, -0.25) is 4.90 Å². The van der Waals surface area contributed by atoms with Crippen LogP contribution in [0.5, 0.6) is 0 Å². The molecule has 1 rings (SSSR count). The normalized spacial score (nSPS) is 29.1. The summed E-state index contributed by atoms with van der Waals surface area (Å²) in [7, 11) is 1.99. The summed E-state index contributed by atoms with van der Waals surface area (Å²) in [6.45, 7) is 8.87. The van der Waals surface area contributed by atoms with Crippen molar-refractivity contribution in [3.8, 4) is 6.07 Å². The molecule has 1 aliphatic rings. The van der Waals surface area contributed by atoms with Gasteiger partial charge in [0.05, 0.1) is 23.8 Å². The molecule has 1 aliphatic heterocycles. The summed E-state index contributed by atoms with van der Waals surface area (Å²) in [5.74, 6) is 0. The van der Waals surface area contributed by atoms with E-state index in [1.54, 1.807) is 0 Å². The van der Waals surface area contributed by atoms with Crippen molar-refractivity contribution < 1.29 is 4.74 Å². The highest BCUT2D eigenvalue weighted by Crippen LogP contribution is 2.39. The monoisotopic (exact) mass is 196 g/mol. The van der Waals surface area contributed by atoms with Crippen LogP contribution in [0.15, 0.2) is 0 Å². The highest BCUT2D eigenvalue weighted by atomic mass is 16.5. The molecule has 0 aromatic carbocycles. The predicted octanol–water partition coefficient (Wildman–Crippen LogP) is 1.79. The smallest absolute Gasteiger partial charge is 0.0866 e. The molecule has 3 nitrogen and oxygen atoms in total. The molecule has 3 heteroatoms. The topological polar surface area (TPSA) is 36.3 Å². The summed E-state index contributed by atoms with van der Waals surface area (Å²) in [6.07, 6.45) is 0.984. The number of likely N-dealkylation sites (N-methyl/N-ethyl adjacent to an activating group) is 1. The maximum absolute atomic E-state index is 8.66. The van der Waals surface area contributed by atoms with E-state index in [0.29, 0.717) is 12.6 Å². The first-order chi connectivity index (χ1) is 6.28. The zero-order valence-electron chi connectivity index (χ0n) is 9.79. The minimum Gasteiger partial charge on any atom is -0.368 e. The van der Waals surface area contributed by atoms with E-state index in [1.165, 1.54) is 0 Å². The van der Waals surface area contributed by atoms with Gasteiger partial charge in [0.25, 0.3) is 0 Å². The Balaban J connectivity index is 2.75. The maximum atomic E-state index is 8.66. The third kappa shape index (κ3) is 2.26. The van der Waals surface area contributed by atoms with Crippen LogP contribution in [0.3, 0.4) is 0 Å². The van der Waals surface area contributed by atoms with Gasteiger partial charge in [0.15, 0.2) is 0 Å². The van der Waals surface area contributed by atoms with E-state index in [-0.39, 0.29) is 11.2 Å². The van der Waals surface area contributed by atoms with E-state index in [9.17, 15) is 0 Å². The lowest BCUT2D eigenvalue weighted by molar-refractivity contribution is -0.0777. The van der Waals surface area contributed by atoms with Crippen LogP contribution in [-0.2, 0) is 4.74 Å². The molecule has 80 valence electrons. The second kappa shape index (κ2) is 3.52. The van der Waals surface area contributed by atoms with Gasteiger partial charge in [0, 0.05) is 6.04 Å². The summed E-state index contributed by atoms with van der Waals surface area (Å²) in [5, 5.41) is 8.66. The van der Waals surface area contributed by atoms with Crippen LogP contribution in [0.25, 0.3) is 0 Å². The van der Waals surface area contributed by atoms with Crippen LogP contribution in [0, 0.1) is 11.3 Å². The third-order valence-electron chi connectivity index (χ3n) is 2.88. The van der Waals surface area contributed by atoms with Gasteiger partial charge in [-0.05, 0) is 41.2 Å². The minimum absolute atomic E-state index is 0.0715. The molecule has 1 unspecified atom stereocenters. The van der Waals surface area contributed by atoms with E-state index >= 15 is 0 Å². The van der Waals surface area contributed by atoms with Crippen molar-refractivity contribution in [3.63, 3.8) is 0 Å². The van der Waals surface area contributed by atoms with Gasteiger partial charge < -0.3 is 4.74 Å². The molecule has 0 saturated carbocycles. The largest absolute Gasteiger partial charge is 0.368 e. The predicted molar refractivity (Wildman–Crippen MR) is 55.9 cm³/mol. The minimum atomic E-state index is -0.158. The van der Waals surface area contributed by atoms with E-state index < -0.39 is 0 Å². The lowest BCUT2D eigenvalue weighted by atomic mass is 9.93. The first kappa shape index (κ1) is 11.5. The molecule has 1 heterocycles. The van der Waals surface area contributed by atoms with Crippen LogP contribution in [0.1, 0.15) is 34.1 Å². The molecule has 0 N–H and O–H groups in total. The van der Waals surface area contributed by atoms with Gasteiger partial charge in [-0.2, -0.15) is 5.26 Å². The Morgan fingerprint density at radius 1 is 1.43 bits per heavy atom. The van der Waals surface area contributed by atoms with Gasteiger partial charge in [-0.25, -0.2) is 0 Å². The van der Waals surface area contributed by atoms with Crippen LogP contribution >= 0.6 is 0 Å². The summed E-state index contributed by atoms with van der Waals surface area (Å²) < 4.78 is 5.97. The molecule has 0 radical (unpaired) electrons. The molecule has 14 heavy (non-hydrogen) atoms. The quantitative estimate of drug-likeness (QED) is 0.632. The van der Waals surface area contributed by atoms with Crippen LogP contribution < -0.4 is 0 Å². The fraction of sp³-hybridized carbons (Fsp3) is 0.909. The summed E-state index contributed by atoms with van der Waals surface area (Å²) in [5.41, 5.74) is -0.229. The Morgan fingerprint density at radius 2 is 2.00 bits per heavy atom. The van der Waals surface area contributed by atoms with Gasteiger partial charge in [-0.1, -0.05) is 0 Å². The lowest BCUT2D eigenvalue weighted by Crippen LogP contribution is -2.44. The molecule has 0 bridgehead atoms. The highest BCUT2D eigenvalue weighted by Gasteiger charge is 2.47. The molecule has 0 spiro atoms. The Hall–Kier alpha value is -0.590. The molecule has 0 aromatic heterocycles. The van der Waals surface area contributed by atoms with Crippen molar-refractivity contribution >= 4 is 0 Å². The van der Waals surface area contributed by atoms with E-state index in [0.717, 1.165) is 6.42 Å². The molecule has 1 saturated heterocycles. The second-order valence-corrected chi connectivity index (χ2v) is 5.26. The number of nitrogens with zero attached hydrogens (tertiary/aromatic N) is 2. The molecule has 1 fully saturated rings. The SMILES string of the molecule is CN(CC#N)C1CC(C)(C)OC1(C)C. The number of ether oxygens (including phenoxy) is 1. The number of hydrogen-bond acceptors (Lipinski definition) is 3. The van der Waals surface area contributed by atoms with Crippen molar-refractivity contribution in [2.75, 3.05) is 13.6 Å². The van der Waals surface area contributed by atoms with Crippen molar-refractivity contribution in [2.24, 2.45) is 0 Å². The van der Waals surface area contributed by atoms with Gasteiger partial charge in [0.2, 0.25) is 0 Å². The molecular formula is C11H20N2O. The second-order valence-electron chi connectivity index (χ2n) is 5.26. The Morgan fingerprint density at radius 3 is 2.36 bits per heavy atom. The standard InChI is InChI=1S/C11H20N2O/c1-10(2)8-9(11(3,4)14-10)13(5)7-6-12/h9H,7-8H2,1-5H3. The molecule has 0 amide bonds. The number of nitriles is 1. The van der Waals surface area contributed by atoms with Crippen LogP contribution in [0.4, 0.5) is 0 Å². The lowest BCUT2D eigenvalue weighted by Gasteiger charge is -2.32. The summed E-state index contributed by atoms with van der Waals surface area (Å²) >= 11 is 0. The van der Waals surface area contributed by atoms with E-state index in [2.05, 4.69) is 38.7 Å². The molecule has 0 aromatic rings.